The number of hydrogen-bond donors (Lipinski definition) is 0. The topological polar surface area (TPSA) is 34.1 Å². The molecule has 2 heteroatoms. The molecule has 1 fully saturated rings. The maximum Gasteiger partial charge on any atom is 0.139 e. The fraction of sp³-hybridized carbons (Fsp3) is 0.417. The van der Waals surface area contributed by atoms with Gasteiger partial charge in [0.05, 0.1) is 0 Å². The van der Waals surface area contributed by atoms with E-state index in [1.807, 2.05) is 64.1 Å². The molecule has 2 aromatic carbocycles. The summed E-state index contributed by atoms with van der Waals surface area (Å²) in [6.45, 7) is 7.77. The van der Waals surface area contributed by atoms with Gasteiger partial charge in [-0.25, -0.2) is 0 Å². The highest BCUT2D eigenvalue weighted by Gasteiger charge is 2.57. The second kappa shape index (κ2) is 7.57. The van der Waals surface area contributed by atoms with E-state index >= 15 is 0 Å². The molecule has 1 aliphatic rings. The van der Waals surface area contributed by atoms with Crippen LogP contribution in [0.15, 0.2) is 60.7 Å². The third kappa shape index (κ3) is 3.25. The summed E-state index contributed by atoms with van der Waals surface area (Å²) >= 11 is 0. The molecule has 1 aliphatic carbocycles. The molecule has 0 aliphatic heterocycles. The van der Waals surface area contributed by atoms with Gasteiger partial charge in [-0.05, 0) is 11.1 Å². The van der Waals surface area contributed by atoms with Crippen molar-refractivity contribution in [2.24, 2.45) is 23.7 Å². The number of rotatable bonds is 6. The minimum Gasteiger partial charge on any atom is -0.299 e. The summed E-state index contributed by atoms with van der Waals surface area (Å²) in [5.41, 5.74) is 2.32. The maximum atomic E-state index is 13.1. The lowest BCUT2D eigenvalue weighted by molar-refractivity contribution is -0.145. The lowest BCUT2D eigenvalue weighted by Crippen LogP contribution is -2.53. The Hall–Kier alpha value is -2.22. The van der Waals surface area contributed by atoms with Gasteiger partial charge in [0, 0.05) is 35.5 Å². The lowest BCUT2D eigenvalue weighted by atomic mass is 9.49. The van der Waals surface area contributed by atoms with Crippen LogP contribution >= 0.6 is 0 Å². The molecule has 0 radical (unpaired) electrons. The molecule has 0 saturated heterocycles. The van der Waals surface area contributed by atoms with Crippen LogP contribution in [0.4, 0.5) is 0 Å². The second-order valence-corrected chi connectivity index (χ2v) is 8.04. The SMILES string of the molecule is CC(C)C(=O)[C@@H]1[C@@H](C(=O)C(C)C)[C@H](c2ccccc2)[C@@H]1c1ccccc1. The Morgan fingerprint density at radius 2 is 0.923 bits per heavy atom. The fourth-order valence-electron chi connectivity index (χ4n) is 4.41. The van der Waals surface area contributed by atoms with E-state index < -0.39 is 0 Å². The van der Waals surface area contributed by atoms with E-state index in [9.17, 15) is 9.59 Å². The first kappa shape index (κ1) is 18.6. The van der Waals surface area contributed by atoms with Gasteiger partial charge in [-0.3, -0.25) is 9.59 Å². The van der Waals surface area contributed by atoms with E-state index in [4.69, 9.17) is 0 Å². The van der Waals surface area contributed by atoms with Crippen molar-refractivity contribution in [1.82, 2.24) is 0 Å². The predicted octanol–water partition coefficient (Wildman–Crippen LogP) is 5.25. The molecule has 0 bridgehead atoms. The minimum atomic E-state index is -0.225. The van der Waals surface area contributed by atoms with Crippen molar-refractivity contribution in [2.75, 3.05) is 0 Å². The Morgan fingerprint density at radius 3 is 1.19 bits per heavy atom. The van der Waals surface area contributed by atoms with Crippen LogP contribution < -0.4 is 0 Å². The number of ketones is 2. The van der Waals surface area contributed by atoms with Gasteiger partial charge >= 0.3 is 0 Å². The molecule has 2 nitrogen and oxygen atoms in total. The van der Waals surface area contributed by atoms with Crippen molar-refractivity contribution >= 4 is 11.6 Å². The molecule has 0 aromatic heterocycles. The van der Waals surface area contributed by atoms with E-state index in [2.05, 4.69) is 24.3 Å². The maximum absolute atomic E-state index is 13.1. The molecular formula is C24H28O2. The Balaban J connectivity index is 2.10. The van der Waals surface area contributed by atoms with Crippen LogP contribution in [0, 0.1) is 23.7 Å². The molecule has 0 amide bonds. The van der Waals surface area contributed by atoms with E-state index in [1.165, 1.54) is 0 Å². The van der Waals surface area contributed by atoms with Crippen LogP contribution in [-0.4, -0.2) is 11.6 Å². The van der Waals surface area contributed by atoms with E-state index in [-0.39, 0.29) is 47.1 Å². The largest absolute Gasteiger partial charge is 0.299 e. The molecule has 0 unspecified atom stereocenters. The Morgan fingerprint density at radius 1 is 0.615 bits per heavy atom. The first-order valence-corrected chi connectivity index (χ1v) is 9.60. The zero-order chi connectivity index (χ0) is 18.8. The third-order valence-electron chi connectivity index (χ3n) is 5.71. The standard InChI is InChI=1S/C24H28O2/c1-15(2)23(25)21-19(17-11-7-5-8-12-17)20(18-13-9-6-10-14-18)22(21)24(26)16(3)4/h5-16,19-22H,1-4H3/t19-,20+,21-,22-/m0/s1. The first-order valence-electron chi connectivity index (χ1n) is 9.60. The van der Waals surface area contributed by atoms with E-state index in [0.29, 0.717) is 0 Å². The molecule has 0 heterocycles. The highest BCUT2D eigenvalue weighted by Crippen LogP contribution is 2.59. The Labute approximate surface area is 156 Å². The van der Waals surface area contributed by atoms with Gasteiger partial charge in [-0.2, -0.15) is 0 Å². The number of carbonyl (C=O) groups is 2. The van der Waals surface area contributed by atoms with Crippen molar-refractivity contribution in [3.05, 3.63) is 71.8 Å². The molecular weight excluding hydrogens is 320 g/mol. The van der Waals surface area contributed by atoms with E-state index in [0.717, 1.165) is 11.1 Å². The van der Waals surface area contributed by atoms with Gasteiger partial charge < -0.3 is 0 Å². The average Bonchev–Trinajstić information content (AvgIpc) is 2.62. The smallest absolute Gasteiger partial charge is 0.139 e. The molecule has 0 spiro atoms. The number of carbonyl (C=O) groups excluding carboxylic acids is 2. The summed E-state index contributed by atoms with van der Waals surface area (Å²) in [5.74, 6) is -0.0109. The third-order valence-corrected chi connectivity index (χ3v) is 5.71. The predicted molar refractivity (Wildman–Crippen MR) is 105 cm³/mol. The summed E-state index contributed by atoms with van der Waals surface area (Å²) < 4.78 is 0. The first-order chi connectivity index (χ1) is 12.4. The molecule has 26 heavy (non-hydrogen) atoms. The van der Waals surface area contributed by atoms with Crippen molar-refractivity contribution in [2.45, 2.75) is 39.5 Å². The van der Waals surface area contributed by atoms with Gasteiger partial charge in [0.2, 0.25) is 0 Å². The van der Waals surface area contributed by atoms with Gasteiger partial charge in [-0.15, -0.1) is 0 Å². The number of benzene rings is 2. The van der Waals surface area contributed by atoms with Crippen LogP contribution in [-0.2, 0) is 9.59 Å². The zero-order valence-electron chi connectivity index (χ0n) is 16.1. The Bertz CT molecular complexity index is 694. The average molecular weight is 348 g/mol. The zero-order valence-corrected chi connectivity index (χ0v) is 16.1. The molecule has 136 valence electrons. The fourth-order valence-corrected chi connectivity index (χ4v) is 4.41. The molecule has 4 atom stereocenters. The van der Waals surface area contributed by atoms with E-state index in [1.54, 1.807) is 0 Å². The quantitative estimate of drug-likeness (QED) is 0.714. The summed E-state index contributed by atoms with van der Waals surface area (Å²) in [5, 5.41) is 0. The Kier molecular flexibility index (Phi) is 5.41. The van der Waals surface area contributed by atoms with Crippen molar-refractivity contribution < 1.29 is 9.59 Å². The summed E-state index contributed by atoms with van der Waals surface area (Å²) in [6, 6.07) is 20.4. The van der Waals surface area contributed by atoms with Gasteiger partial charge in [0.25, 0.3) is 0 Å². The highest BCUT2D eigenvalue weighted by molar-refractivity contribution is 5.95. The molecule has 0 N–H and O–H groups in total. The van der Waals surface area contributed by atoms with Gasteiger partial charge in [-0.1, -0.05) is 88.4 Å². The van der Waals surface area contributed by atoms with Crippen LogP contribution in [0.2, 0.25) is 0 Å². The van der Waals surface area contributed by atoms with Gasteiger partial charge in [0.1, 0.15) is 11.6 Å². The summed E-state index contributed by atoms with van der Waals surface area (Å²) in [6.07, 6.45) is 0. The molecule has 3 rings (SSSR count). The molecule has 2 aromatic rings. The second-order valence-electron chi connectivity index (χ2n) is 8.04. The van der Waals surface area contributed by atoms with Crippen molar-refractivity contribution in [3.63, 3.8) is 0 Å². The van der Waals surface area contributed by atoms with Crippen LogP contribution in [0.25, 0.3) is 0 Å². The number of Topliss-reactive ketones (excluding diaryl/α,β-unsaturated/α-hetero) is 2. The van der Waals surface area contributed by atoms with Crippen molar-refractivity contribution in [3.8, 4) is 0 Å². The monoisotopic (exact) mass is 348 g/mol. The van der Waals surface area contributed by atoms with Crippen LogP contribution in [0.1, 0.15) is 50.7 Å². The van der Waals surface area contributed by atoms with Crippen LogP contribution in [0.3, 0.4) is 0 Å². The minimum absolute atomic E-state index is 0.0644. The summed E-state index contributed by atoms with van der Waals surface area (Å²) in [4.78, 5) is 26.1. The molecule has 1 saturated carbocycles. The highest BCUT2D eigenvalue weighted by atomic mass is 16.1. The van der Waals surface area contributed by atoms with Crippen LogP contribution in [0.5, 0.6) is 0 Å². The lowest BCUT2D eigenvalue weighted by Gasteiger charge is -2.52. The normalized spacial score (nSPS) is 25.2. The summed E-state index contributed by atoms with van der Waals surface area (Å²) in [7, 11) is 0. The number of hydrogen-bond acceptors (Lipinski definition) is 2. The van der Waals surface area contributed by atoms with Crippen molar-refractivity contribution in [1.29, 1.82) is 0 Å². The van der Waals surface area contributed by atoms with Gasteiger partial charge in [0.15, 0.2) is 0 Å².